The third-order valence-corrected chi connectivity index (χ3v) is 4.76. The summed E-state index contributed by atoms with van der Waals surface area (Å²) in [7, 11) is 5.13. The van der Waals surface area contributed by atoms with Gasteiger partial charge in [-0.15, -0.1) is 0 Å². The van der Waals surface area contributed by atoms with Crippen molar-refractivity contribution in [3.05, 3.63) is 47.8 Å². The fourth-order valence-corrected chi connectivity index (χ4v) is 3.27. The summed E-state index contributed by atoms with van der Waals surface area (Å²) in [5, 5.41) is 9.95. The highest BCUT2D eigenvalue weighted by molar-refractivity contribution is 5.91. The van der Waals surface area contributed by atoms with Gasteiger partial charge in [0.15, 0.2) is 0 Å². The summed E-state index contributed by atoms with van der Waals surface area (Å²) in [6.45, 7) is 1.14. The molecule has 1 saturated heterocycles. The van der Waals surface area contributed by atoms with Gasteiger partial charge in [0.2, 0.25) is 11.8 Å². The lowest BCUT2D eigenvalue weighted by Crippen LogP contribution is -2.45. The molecule has 1 aromatic carbocycles. The van der Waals surface area contributed by atoms with Gasteiger partial charge < -0.3 is 20.3 Å². The SMILES string of the molecule is CNC(C(=O)NC1CCN(Cc2ccc(OC)cc2)C1=O)c1cnn(C)c1. The highest BCUT2D eigenvalue weighted by atomic mass is 16.5. The summed E-state index contributed by atoms with van der Waals surface area (Å²) in [5.41, 5.74) is 1.79. The van der Waals surface area contributed by atoms with Crippen LogP contribution in [0.4, 0.5) is 0 Å². The Morgan fingerprint density at radius 2 is 2.11 bits per heavy atom. The van der Waals surface area contributed by atoms with Gasteiger partial charge in [-0.05, 0) is 31.2 Å². The van der Waals surface area contributed by atoms with Crippen molar-refractivity contribution in [3.63, 3.8) is 0 Å². The number of nitrogens with one attached hydrogen (secondary N) is 2. The summed E-state index contributed by atoms with van der Waals surface area (Å²) in [6.07, 6.45) is 4.03. The second kappa shape index (κ2) is 8.22. The van der Waals surface area contributed by atoms with Gasteiger partial charge >= 0.3 is 0 Å². The number of likely N-dealkylation sites (N-methyl/N-ethyl adjacent to an activating group) is 1. The van der Waals surface area contributed by atoms with E-state index in [1.54, 1.807) is 43.2 Å². The molecule has 0 bridgehead atoms. The Bertz CT molecular complexity index is 802. The first-order valence-corrected chi connectivity index (χ1v) is 8.89. The number of carbonyl (C=O) groups is 2. The van der Waals surface area contributed by atoms with Crippen LogP contribution in [-0.2, 0) is 23.2 Å². The van der Waals surface area contributed by atoms with Crippen LogP contribution in [-0.4, -0.2) is 53.2 Å². The third-order valence-electron chi connectivity index (χ3n) is 4.76. The average Bonchev–Trinajstić information content (AvgIpc) is 3.24. The number of methoxy groups -OCH3 is 1. The monoisotopic (exact) mass is 371 g/mol. The molecule has 2 heterocycles. The second-order valence-corrected chi connectivity index (χ2v) is 6.63. The molecule has 8 nitrogen and oxygen atoms in total. The Morgan fingerprint density at radius 1 is 1.37 bits per heavy atom. The molecule has 0 spiro atoms. The van der Waals surface area contributed by atoms with Crippen LogP contribution in [0.2, 0.25) is 0 Å². The molecule has 8 heteroatoms. The topological polar surface area (TPSA) is 88.5 Å². The summed E-state index contributed by atoms with van der Waals surface area (Å²) in [5.74, 6) is 0.500. The van der Waals surface area contributed by atoms with E-state index in [0.29, 0.717) is 19.5 Å². The Hall–Kier alpha value is -2.87. The Labute approximate surface area is 158 Å². The van der Waals surface area contributed by atoms with Gasteiger partial charge in [-0.3, -0.25) is 14.3 Å². The van der Waals surface area contributed by atoms with Gasteiger partial charge in [0.25, 0.3) is 0 Å². The van der Waals surface area contributed by atoms with Crippen LogP contribution in [0, 0.1) is 0 Å². The van der Waals surface area contributed by atoms with Crippen molar-refractivity contribution < 1.29 is 14.3 Å². The molecule has 2 aromatic rings. The van der Waals surface area contributed by atoms with Gasteiger partial charge in [-0.1, -0.05) is 12.1 Å². The molecule has 1 aliphatic heterocycles. The molecule has 2 unspecified atom stereocenters. The van der Waals surface area contributed by atoms with Crippen molar-refractivity contribution in [1.82, 2.24) is 25.3 Å². The quantitative estimate of drug-likeness (QED) is 0.744. The van der Waals surface area contributed by atoms with E-state index in [-0.39, 0.29) is 11.8 Å². The normalized spacial score (nSPS) is 17.8. The van der Waals surface area contributed by atoms with Crippen molar-refractivity contribution in [3.8, 4) is 5.75 Å². The molecule has 1 fully saturated rings. The predicted molar refractivity (Wildman–Crippen MR) is 100.0 cm³/mol. The molecule has 0 aliphatic carbocycles. The Morgan fingerprint density at radius 3 is 2.70 bits per heavy atom. The maximum atomic E-state index is 12.7. The standard InChI is InChI=1S/C19H25N5O3/c1-20-17(14-10-21-23(2)12-14)18(25)22-16-8-9-24(19(16)26)11-13-4-6-15(27-3)7-5-13/h4-7,10,12,16-17,20H,8-9,11H2,1-3H3,(H,22,25). The number of likely N-dealkylation sites (tertiary alicyclic amines) is 1. The van der Waals surface area contributed by atoms with E-state index in [2.05, 4.69) is 15.7 Å². The lowest BCUT2D eigenvalue weighted by molar-refractivity contribution is -0.133. The second-order valence-electron chi connectivity index (χ2n) is 6.63. The van der Waals surface area contributed by atoms with E-state index in [1.165, 1.54) is 0 Å². The van der Waals surface area contributed by atoms with Crippen LogP contribution >= 0.6 is 0 Å². The molecule has 2 N–H and O–H groups in total. The van der Waals surface area contributed by atoms with E-state index >= 15 is 0 Å². The van der Waals surface area contributed by atoms with Gasteiger partial charge in [-0.25, -0.2) is 0 Å². The first-order chi connectivity index (χ1) is 13.0. The number of carbonyl (C=O) groups excluding carboxylic acids is 2. The van der Waals surface area contributed by atoms with Crippen molar-refractivity contribution in [2.24, 2.45) is 7.05 Å². The largest absolute Gasteiger partial charge is 0.497 e. The zero-order valence-corrected chi connectivity index (χ0v) is 15.8. The summed E-state index contributed by atoms with van der Waals surface area (Å²) >= 11 is 0. The predicted octanol–water partition coefficient (Wildman–Crippen LogP) is 0.607. The number of benzene rings is 1. The Kier molecular flexibility index (Phi) is 5.75. The fourth-order valence-electron chi connectivity index (χ4n) is 3.27. The number of ether oxygens (including phenoxy) is 1. The van der Waals surface area contributed by atoms with Gasteiger partial charge in [0.05, 0.1) is 13.3 Å². The van der Waals surface area contributed by atoms with Crippen molar-refractivity contribution in [2.75, 3.05) is 20.7 Å². The summed E-state index contributed by atoms with van der Waals surface area (Å²) in [6, 6.07) is 6.60. The minimum atomic E-state index is -0.540. The lowest BCUT2D eigenvalue weighted by atomic mass is 10.1. The first kappa shape index (κ1) is 18.9. The van der Waals surface area contributed by atoms with Crippen molar-refractivity contribution >= 4 is 11.8 Å². The van der Waals surface area contributed by atoms with Crippen LogP contribution in [0.15, 0.2) is 36.7 Å². The molecular weight excluding hydrogens is 346 g/mol. The molecule has 2 atom stereocenters. The molecule has 1 aromatic heterocycles. The minimum absolute atomic E-state index is 0.0554. The number of hydrogen-bond acceptors (Lipinski definition) is 5. The Balaban J connectivity index is 1.59. The third kappa shape index (κ3) is 4.28. The number of rotatable bonds is 7. The van der Waals surface area contributed by atoms with E-state index in [0.717, 1.165) is 16.9 Å². The highest BCUT2D eigenvalue weighted by Gasteiger charge is 2.34. The lowest BCUT2D eigenvalue weighted by Gasteiger charge is -2.19. The van der Waals surface area contributed by atoms with Crippen LogP contribution in [0.3, 0.4) is 0 Å². The first-order valence-electron chi connectivity index (χ1n) is 8.89. The number of hydrogen-bond donors (Lipinski definition) is 2. The highest BCUT2D eigenvalue weighted by Crippen LogP contribution is 2.19. The van der Waals surface area contributed by atoms with Crippen LogP contribution in [0.5, 0.6) is 5.75 Å². The minimum Gasteiger partial charge on any atom is -0.497 e. The molecular formula is C19H25N5O3. The van der Waals surface area contributed by atoms with Crippen LogP contribution < -0.4 is 15.4 Å². The smallest absolute Gasteiger partial charge is 0.245 e. The van der Waals surface area contributed by atoms with E-state index < -0.39 is 12.1 Å². The van der Waals surface area contributed by atoms with E-state index in [1.807, 2.05) is 24.3 Å². The number of aromatic nitrogens is 2. The maximum absolute atomic E-state index is 12.7. The fraction of sp³-hybridized carbons (Fsp3) is 0.421. The molecule has 3 rings (SSSR count). The summed E-state index contributed by atoms with van der Waals surface area (Å²) in [4.78, 5) is 27.1. The van der Waals surface area contributed by atoms with Crippen molar-refractivity contribution in [1.29, 1.82) is 0 Å². The number of aryl methyl sites for hydroxylation is 1. The molecule has 1 aliphatic rings. The molecule has 0 saturated carbocycles. The van der Waals surface area contributed by atoms with Gasteiger partial charge in [0.1, 0.15) is 17.8 Å². The molecule has 144 valence electrons. The molecule has 2 amide bonds. The van der Waals surface area contributed by atoms with E-state index in [4.69, 9.17) is 4.74 Å². The number of amides is 2. The van der Waals surface area contributed by atoms with Crippen LogP contribution in [0.1, 0.15) is 23.6 Å². The van der Waals surface area contributed by atoms with Crippen LogP contribution in [0.25, 0.3) is 0 Å². The zero-order valence-electron chi connectivity index (χ0n) is 15.8. The van der Waals surface area contributed by atoms with Crippen molar-refractivity contribution in [2.45, 2.75) is 25.0 Å². The van der Waals surface area contributed by atoms with E-state index in [9.17, 15) is 9.59 Å². The maximum Gasteiger partial charge on any atom is 0.245 e. The summed E-state index contributed by atoms with van der Waals surface area (Å²) < 4.78 is 6.80. The molecule has 0 radical (unpaired) electrons. The number of nitrogens with zero attached hydrogens (tertiary/aromatic N) is 3. The zero-order chi connectivity index (χ0) is 19.4. The van der Waals surface area contributed by atoms with Gasteiger partial charge in [-0.2, -0.15) is 5.10 Å². The molecule has 27 heavy (non-hydrogen) atoms. The van der Waals surface area contributed by atoms with Gasteiger partial charge in [0, 0.05) is 31.9 Å². The average molecular weight is 371 g/mol.